The van der Waals surface area contributed by atoms with Crippen LogP contribution in [0.5, 0.6) is 23.0 Å². The van der Waals surface area contributed by atoms with E-state index >= 15 is 0 Å². The van der Waals surface area contributed by atoms with Gasteiger partial charge in [-0.1, -0.05) is 44.7 Å². The van der Waals surface area contributed by atoms with E-state index in [0.29, 0.717) is 46.6 Å². The second kappa shape index (κ2) is 20.5. The van der Waals surface area contributed by atoms with E-state index < -0.39 is 11.9 Å². The zero-order chi connectivity index (χ0) is 37.3. The van der Waals surface area contributed by atoms with Crippen molar-refractivity contribution >= 4 is 68.0 Å². The number of carbonyl (C=O) groups is 4. The molecule has 52 heavy (non-hydrogen) atoms. The summed E-state index contributed by atoms with van der Waals surface area (Å²) in [5.41, 5.74) is 6.68. The Morgan fingerprint density at radius 2 is 0.962 bits per heavy atom. The minimum atomic E-state index is -0.547. The number of hydrazone groups is 2. The van der Waals surface area contributed by atoms with Crippen molar-refractivity contribution in [1.29, 1.82) is 0 Å². The van der Waals surface area contributed by atoms with Crippen molar-refractivity contribution < 1.29 is 38.1 Å². The zero-order valence-electron chi connectivity index (χ0n) is 28.4. The summed E-state index contributed by atoms with van der Waals surface area (Å²) in [6.07, 6.45) is 6.04. The normalized spacial score (nSPS) is 10.9. The van der Waals surface area contributed by atoms with Gasteiger partial charge in [-0.3, -0.25) is 9.59 Å². The van der Waals surface area contributed by atoms with Gasteiger partial charge in [0.2, 0.25) is 11.8 Å². The van der Waals surface area contributed by atoms with Crippen LogP contribution in [0, 0.1) is 0 Å². The molecule has 0 aliphatic rings. The molecule has 12 nitrogen and oxygen atoms in total. The van der Waals surface area contributed by atoms with E-state index in [4.69, 9.17) is 18.9 Å². The van der Waals surface area contributed by atoms with Crippen molar-refractivity contribution in [2.24, 2.45) is 10.2 Å². The van der Waals surface area contributed by atoms with Crippen molar-refractivity contribution in [1.82, 2.24) is 10.9 Å². The van der Waals surface area contributed by atoms with Crippen LogP contribution in [0.1, 0.15) is 70.4 Å². The molecule has 0 aliphatic carbocycles. The molecule has 2 amide bonds. The Balaban J connectivity index is 1.14. The summed E-state index contributed by atoms with van der Waals surface area (Å²) in [6.45, 7) is 0. The molecular weight excluding hydrogens is 800 g/mol. The van der Waals surface area contributed by atoms with Gasteiger partial charge in [0, 0.05) is 32.9 Å². The second-order valence-corrected chi connectivity index (χ2v) is 12.9. The maximum atomic E-state index is 12.6. The number of methoxy groups -OCH3 is 2. The number of amides is 2. The van der Waals surface area contributed by atoms with Gasteiger partial charge < -0.3 is 18.9 Å². The van der Waals surface area contributed by atoms with Crippen molar-refractivity contribution in [3.63, 3.8) is 0 Å². The molecule has 0 atom stereocenters. The number of hydrogen-bond donors (Lipinski definition) is 2. The third-order valence-corrected chi connectivity index (χ3v) is 8.33. The van der Waals surface area contributed by atoms with E-state index in [9.17, 15) is 19.2 Å². The summed E-state index contributed by atoms with van der Waals surface area (Å²) in [4.78, 5) is 49.9. The van der Waals surface area contributed by atoms with E-state index in [1.807, 2.05) is 0 Å². The lowest BCUT2D eigenvalue weighted by atomic mass is 10.1. The monoisotopic (exact) mass is 834 g/mol. The number of nitrogens with zero attached hydrogens (tertiary/aromatic N) is 2. The number of benzene rings is 4. The lowest BCUT2D eigenvalue weighted by molar-refractivity contribution is -0.122. The molecule has 14 heteroatoms. The minimum Gasteiger partial charge on any atom is -0.497 e. The SMILES string of the molecule is COc1ccc(C(=O)Oc2ccc(Br)cc2/C=N/NC(=O)CCCCCCC(=O)N/N=C/c2cc(Br)ccc2OC(=O)c2ccc(OC)cc2)cc1. The number of unbranched alkanes of at least 4 members (excludes halogenated alkanes) is 3. The topological polar surface area (TPSA) is 154 Å². The third-order valence-electron chi connectivity index (χ3n) is 7.34. The number of halogens is 2. The zero-order valence-corrected chi connectivity index (χ0v) is 31.6. The van der Waals surface area contributed by atoms with Crippen molar-refractivity contribution in [3.05, 3.63) is 116 Å². The molecule has 2 N–H and O–H groups in total. The van der Waals surface area contributed by atoms with Gasteiger partial charge in [0.15, 0.2) is 0 Å². The van der Waals surface area contributed by atoms with Gasteiger partial charge in [-0.05, 0) is 97.8 Å². The van der Waals surface area contributed by atoms with Gasteiger partial charge in [-0.25, -0.2) is 20.4 Å². The summed E-state index contributed by atoms with van der Waals surface area (Å²) in [5.74, 6) is 0.172. The summed E-state index contributed by atoms with van der Waals surface area (Å²) >= 11 is 6.79. The fourth-order valence-corrected chi connectivity index (χ4v) is 5.34. The van der Waals surface area contributed by atoms with Crippen molar-refractivity contribution in [2.75, 3.05) is 14.2 Å². The fraction of sp³-hybridized carbons (Fsp3) is 0.211. The first-order valence-corrected chi connectivity index (χ1v) is 17.7. The Bertz CT molecular complexity index is 1780. The van der Waals surface area contributed by atoms with Gasteiger partial charge in [0.05, 0.1) is 37.8 Å². The molecule has 4 aromatic carbocycles. The molecule has 0 aliphatic heterocycles. The molecule has 0 fully saturated rings. The van der Waals surface area contributed by atoms with Crippen LogP contribution in [0.2, 0.25) is 0 Å². The molecule has 0 saturated heterocycles. The Morgan fingerprint density at radius 3 is 1.33 bits per heavy atom. The van der Waals surface area contributed by atoms with Crippen LogP contribution < -0.4 is 29.8 Å². The van der Waals surface area contributed by atoms with Gasteiger partial charge in [0.1, 0.15) is 23.0 Å². The minimum absolute atomic E-state index is 0.254. The molecule has 0 bridgehead atoms. The molecule has 4 rings (SSSR count). The number of rotatable bonds is 17. The van der Waals surface area contributed by atoms with Gasteiger partial charge in [0.25, 0.3) is 0 Å². The maximum Gasteiger partial charge on any atom is 0.343 e. The molecule has 4 aromatic rings. The molecule has 0 radical (unpaired) electrons. The van der Waals surface area contributed by atoms with E-state index in [2.05, 4.69) is 52.9 Å². The lowest BCUT2D eigenvalue weighted by Crippen LogP contribution is -2.17. The fourth-order valence-electron chi connectivity index (χ4n) is 4.58. The molecule has 270 valence electrons. The van der Waals surface area contributed by atoms with Crippen LogP contribution >= 0.6 is 31.9 Å². The van der Waals surface area contributed by atoms with Crippen LogP contribution in [0.15, 0.2) is 104 Å². The first-order valence-electron chi connectivity index (χ1n) is 16.1. The van der Waals surface area contributed by atoms with Gasteiger partial charge >= 0.3 is 11.9 Å². The quantitative estimate of drug-likeness (QED) is 0.0363. The predicted octanol–water partition coefficient (Wildman–Crippen LogP) is 7.61. The van der Waals surface area contributed by atoms with E-state index in [1.165, 1.54) is 12.4 Å². The molecule has 0 spiro atoms. The van der Waals surface area contributed by atoms with Crippen LogP contribution in [-0.2, 0) is 9.59 Å². The number of carbonyl (C=O) groups excluding carboxylic acids is 4. The summed E-state index contributed by atoms with van der Waals surface area (Å²) in [5, 5.41) is 8.06. The third kappa shape index (κ3) is 12.8. The molecule has 0 saturated carbocycles. The number of ether oxygens (including phenoxy) is 4. The average molecular weight is 837 g/mol. The second-order valence-electron chi connectivity index (χ2n) is 11.1. The Morgan fingerprint density at radius 1 is 0.577 bits per heavy atom. The van der Waals surface area contributed by atoms with Crippen LogP contribution in [0.25, 0.3) is 0 Å². The predicted molar refractivity (Wildman–Crippen MR) is 203 cm³/mol. The summed E-state index contributed by atoms with van der Waals surface area (Å²) in [6, 6.07) is 23.2. The van der Waals surface area contributed by atoms with E-state index in [-0.39, 0.29) is 36.2 Å². The number of nitrogens with one attached hydrogen (secondary N) is 2. The first kappa shape index (κ1) is 39.4. The molecule has 0 aromatic heterocycles. The Labute approximate surface area is 317 Å². The largest absolute Gasteiger partial charge is 0.497 e. The standard InChI is InChI=1S/C38H36Br2N4O8/c1-49-31-15-9-25(10-16-31)37(47)51-33-19-13-29(39)21-27(33)23-41-43-35(45)7-5-3-4-6-8-36(46)44-42-24-28-22-30(40)14-20-34(28)52-38(48)26-11-17-32(50-2)18-12-26/h9-24H,3-8H2,1-2H3,(H,43,45)(H,44,46)/b41-23+,42-24+. The Kier molecular flexibility index (Phi) is 15.5. The van der Waals surface area contributed by atoms with Crippen molar-refractivity contribution in [2.45, 2.75) is 38.5 Å². The van der Waals surface area contributed by atoms with Crippen LogP contribution in [0.3, 0.4) is 0 Å². The van der Waals surface area contributed by atoms with Crippen molar-refractivity contribution in [3.8, 4) is 23.0 Å². The lowest BCUT2D eigenvalue weighted by Gasteiger charge is -2.09. The molecule has 0 unspecified atom stereocenters. The highest BCUT2D eigenvalue weighted by Gasteiger charge is 2.14. The van der Waals surface area contributed by atoms with E-state index in [1.54, 1.807) is 99.1 Å². The smallest absolute Gasteiger partial charge is 0.343 e. The highest BCUT2D eigenvalue weighted by atomic mass is 79.9. The summed E-state index contributed by atoms with van der Waals surface area (Å²) in [7, 11) is 3.08. The highest BCUT2D eigenvalue weighted by Crippen LogP contribution is 2.25. The number of esters is 2. The van der Waals surface area contributed by atoms with Gasteiger partial charge in [-0.15, -0.1) is 0 Å². The average Bonchev–Trinajstić information content (AvgIpc) is 3.15. The first-order chi connectivity index (χ1) is 25.1. The summed E-state index contributed by atoms with van der Waals surface area (Å²) < 4.78 is 22.8. The van der Waals surface area contributed by atoms with Gasteiger partial charge in [-0.2, -0.15) is 10.2 Å². The molecular formula is C38H36Br2N4O8. The Hall–Kier alpha value is -5.34. The highest BCUT2D eigenvalue weighted by molar-refractivity contribution is 9.10. The maximum absolute atomic E-state index is 12.6. The number of hydrogen-bond acceptors (Lipinski definition) is 10. The van der Waals surface area contributed by atoms with Crippen LogP contribution in [0.4, 0.5) is 0 Å². The molecule has 0 heterocycles. The van der Waals surface area contributed by atoms with E-state index in [0.717, 1.165) is 21.8 Å². The van der Waals surface area contributed by atoms with Crippen LogP contribution in [-0.4, -0.2) is 50.4 Å².